The highest BCUT2D eigenvalue weighted by Crippen LogP contribution is 2.37. The minimum atomic E-state index is -0.232. The van der Waals surface area contributed by atoms with Gasteiger partial charge in [0.2, 0.25) is 0 Å². The molecular weight excluding hydrogens is 392 g/mol. The van der Waals surface area contributed by atoms with E-state index in [1.807, 2.05) is 0 Å². The van der Waals surface area contributed by atoms with E-state index in [0.717, 1.165) is 19.4 Å². The second-order valence-corrected chi connectivity index (χ2v) is 8.35. The van der Waals surface area contributed by atoms with E-state index in [2.05, 4.69) is 10.2 Å². The van der Waals surface area contributed by atoms with E-state index < -0.39 is 0 Å². The van der Waals surface area contributed by atoms with E-state index in [-0.39, 0.29) is 11.8 Å². The molecule has 1 heterocycles. The predicted molar refractivity (Wildman–Crippen MR) is 120 cm³/mol. The zero-order valence-electron chi connectivity index (χ0n) is 18.2. The van der Waals surface area contributed by atoms with E-state index in [1.54, 1.807) is 56.7 Å². The van der Waals surface area contributed by atoms with E-state index in [0.29, 0.717) is 40.3 Å². The second kappa shape index (κ2) is 9.41. The molecule has 1 aliphatic carbocycles. The highest BCUT2D eigenvalue weighted by atomic mass is 16.5. The Morgan fingerprint density at radius 3 is 2.42 bits per heavy atom. The van der Waals surface area contributed by atoms with Gasteiger partial charge in [-0.25, -0.2) is 0 Å². The van der Waals surface area contributed by atoms with Crippen LogP contribution in [0.2, 0.25) is 0 Å². The number of amides is 2. The van der Waals surface area contributed by atoms with E-state index in [4.69, 9.17) is 9.47 Å². The number of nitrogens with zero attached hydrogens (tertiary/aromatic N) is 1. The van der Waals surface area contributed by atoms with E-state index in [1.165, 1.54) is 25.7 Å². The molecule has 2 aromatic carbocycles. The summed E-state index contributed by atoms with van der Waals surface area (Å²) in [6.45, 7) is 0.805. The smallest absolute Gasteiger partial charge is 0.257 e. The van der Waals surface area contributed by atoms with Crippen LogP contribution in [0.5, 0.6) is 11.5 Å². The van der Waals surface area contributed by atoms with Gasteiger partial charge in [0.25, 0.3) is 11.8 Å². The number of hydrogen-bond acceptors (Lipinski definition) is 4. The van der Waals surface area contributed by atoms with Gasteiger partial charge in [0.1, 0.15) is 11.5 Å². The average Bonchev–Trinajstić information content (AvgIpc) is 2.83. The Kier molecular flexibility index (Phi) is 6.44. The van der Waals surface area contributed by atoms with Crippen LogP contribution in [-0.2, 0) is 0 Å². The maximum absolute atomic E-state index is 13.4. The number of fused-ring (bicyclic) bond motifs is 1. The molecule has 1 unspecified atom stereocenters. The summed E-state index contributed by atoms with van der Waals surface area (Å²) in [5.74, 6) is 1.60. The zero-order chi connectivity index (χ0) is 21.8. The number of nitrogens with one attached hydrogen (secondary N) is 1. The average molecular weight is 423 g/mol. The Morgan fingerprint density at radius 1 is 0.935 bits per heavy atom. The molecule has 31 heavy (non-hydrogen) atoms. The lowest BCUT2D eigenvalue weighted by atomic mass is 9.78. The highest BCUT2D eigenvalue weighted by Gasteiger charge is 2.36. The van der Waals surface area contributed by atoms with Crippen LogP contribution in [0.3, 0.4) is 0 Å². The summed E-state index contributed by atoms with van der Waals surface area (Å²) >= 11 is 0. The molecule has 0 spiro atoms. The third-order valence-electron chi connectivity index (χ3n) is 6.55. The molecule has 0 bridgehead atoms. The number of methoxy groups -OCH3 is 2. The van der Waals surface area contributed by atoms with Crippen molar-refractivity contribution in [2.45, 2.75) is 44.6 Å². The van der Waals surface area contributed by atoms with Gasteiger partial charge in [0.15, 0.2) is 0 Å². The van der Waals surface area contributed by atoms with Gasteiger partial charge in [0, 0.05) is 29.9 Å². The highest BCUT2D eigenvalue weighted by molar-refractivity contribution is 6.05. The van der Waals surface area contributed by atoms with Gasteiger partial charge in [-0.2, -0.15) is 0 Å². The normalized spacial score (nSPS) is 20.5. The minimum absolute atomic E-state index is 0.0291. The van der Waals surface area contributed by atoms with Gasteiger partial charge in [-0.3, -0.25) is 9.59 Å². The van der Waals surface area contributed by atoms with Gasteiger partial charge in [-0.15, -0.1) is 0 Å². The molecular formula is C25H30N2O4. The van der Waals surface area contributed by atoms with Crippen LogP contribution in [0.4, 0.5) is 5.69 Å². The minimum Gasteiger partial charge on any atom is -0.497 e. The summed E-state index contributed by atoms with van der Waals surface area (Å²) in [6, 6.07) is 12.5. The van der Waals surface area contributed by atoms with Crippen LogP contribution in [0.25, 0.3) is 0 Å². The Bertz CT molecular complexity index is 939. The number of rotatable bonds is 5. The number of anilines is 1. The third kappa shape index (κ3) is 4.53. The van der Waals surface area contributed by atoms with Crippen molar-refractivity contribution < 1.29 is 19.1 Å². The fourth-order valence-electron chi connectivity index (χ4n) is 4.92. The topological polar surface area (TPSA) is 67.9 Å². The lowest BCUT2D eigenvalue weighted by Crippen LogP contribution is -2.49. The largest absolute Gasteiger partial charge is 0.497 e. The third-order valence-corrected chi connectivity index (χ3v) is 6.55. The second-order valence-electron chi connectivity index (χ2n) is 8.35. The Balaban J connectivity index is 1.50. The van der Waals surface area contributed by atoms with E-state index >= 15 is 0 Å². The number of ether oxygens (including phenoxy) is 2. The molecule has 6 heteroatoms. The van der Waals surface area contributed by atoms with Crippen LogP contribution >= 0.6 is 0 Å². The molecule has 1 aliphatic heterocycles. The van der Waals surface area contributed by atoms with Crippen LogP contribution < -0.4 is 14.8 Å². The molecule has 1 saturated heterocycles. The van der Waals surface area contributed by atoms with Crippen molar-refractivity contribution in [3.8, 4) is 11.5 Å². The van der Waals surface area contributed by atoms with Gasteiger partial charge >= 0.3 is 0 Å². The van der Waals surface area contributed by atoms with Crippen LogP contribution in [-0.4, -0.2) is 43.5 Å². The number of piperidine rings is 1. The summed E-state index contributed by atoms with van der Waals surface area (Å²) in [4.78, 5) is 28.0. The molecule has 2 atom stereocenters. The Morgan fingerprint density at radius 2 is 1.68 bits per heavy atom. The van der Waals surface area contributed by atoms with Crippen molar-refractivity contribution in [1.29, 1.82) is 0 Å². The first kappa shape index (κ1) is 21.2. The Hall–Kier alpha value is -3.02. The number of likely N-dealkylation sites (tertiary alicyclic amines) is 1. The SMILES string of the molecule is COc1ccc(C(=O)Nc2ccc(C(=O)N3CCC[C@H]4CCCCC43)c(OC)c2)cc1. The molecule has 4 rings (SSSR count). The predicted octanol–water partition coefficient (Wildman–Crippen LogP) is 4.75. The maximum atomic E-state index is 13.4. The lowest BCUT2D eigenvalue weighted by Gasteiger charge is -2.44. The van der Waals surface area contributed by atoms with Gasteiger partial charge in [-0.05, 0) is 68.0 Å². The van der Waals surface area contributed by atoms with Crippen LogP contribution in [0, 0.1) is 5.92 Å². The molecule has 1 N–H and O–H groups in total. The first-order chi connectivity index (χ1) is 15.1. The van der Waals surface area contributed by atoms with Crippen molar-refractivity contribution in [3.05, 3.63) is 53.6 Å². The Labute approximate surface area is 183 Å². The molecule has 0 radical (unpaired) electrons. The van der Waals surface area contributed by atoms with Gasteiger partial charge < -0.3 is 19.7 Å². The molecule has 0 aromatic heterocycles. The molecule has 1 saturated carbocycles. The van der Waals surface area contributed by atoms with Crippen molar-refractivity contribution >= 4 is 17.5 Å². The maximum Gasteiger partial charge on any atom is 0.257 e. The van der Waals surface area contributed by atoms with Crippen molar-refractivity contribution in [2.24, 2.45) is 5.92 Å². The summed E-state index contributed by atoms with van der Waals surface area (Å²) < 4.78 is 10.7. The molecule has 2 aromatic rings. The molecule has 2 amide bonds. The first-order valence-corrected chi connectivity index (χ1v) is 11.0. The standard InChI is InChI=1S/C25H30N2O4/c1-30-20-12-9-18(10-13-20)24(28)26-19-11-14-21(23(16-19)31-2)25(29)27-15-5-7-17-6-3-4-8-22(17)27/h9-14,16-17,22H,3-8,15H2,1-2H3,(H,26,28)/t17-,22?/m1/s1. The molecule has 2 aliphatic rings. The monoisotopic (exact) mass is 422 g/mol. The van der Waals surface area contributed by atoms with Crippen molar-refractivity contribution in [1.82, 2.24) is 4.90 Å². The quantitative estimate of drug-likeness (QED) is 0.755. The number of hydrogen-bond donors (Lipinski definition) is 1. The fourth-order valence-corrected chi connectivity index (χ4v) is 4.92. The summed E-state index contributed by atoms with van der Waals surface area (Å²) in [5, 5.41) is 2.88. The molecule has 6 nitrogen and oxygen atoms in total. The fraction of sp³-hybridized carbons (Fsp3) is 0.440. The number of benzene rings is 2. The van der Waals surface area contributed by atoms with Gasteiger partial charge in [-0.1, -0.05) is 12.8 Å². The summed E-state index contributed by atoms with van der Waals surface area (Å²) in [5.41, 5.74) is 1.66. The van der Waals surface area contributed by atoms with Crippen LogP contribution in [0.1, 0.15) is 59.2 Å². The first-order valence-electron chi connectivity index (χ1n) is 11.0. The van der Waals surface area contributed by atoms with Crippen molar-refractivity contribution in [3.63, 3.8) is 0 Å². The summed E-state index contributed by atoms with van der Waals surface area (Å²) in [6.07, 6.45) is 7.07. The van der Waals surface area contributed by atoms with Gasteiger partial charge in [0.05, 0.1) is 19.8 Å². The molecule has 2 fully saturated rings. The van der Waals surface area contributed by atoms with Crippen molar-refractivity contribution in [2.75, 3.05) is 26.1 Å². The lowest BCUT2D eigenvalue weighted by molar-refractivity contribution is 0.0388. The van der Waals surface area contributed by atoms with E-state index in [9.17, 15) is 9.59 Å². The zero-order valence-corrected chi connectivity index (χ0v) is 18.2. The van der Waals surface area contributed by atoms with Crippen LogP contribution in [0.15, 0.2) is 42.5 Å². The molecule has 164 valence electrons. The number of carbonyl (C=O) groups excluding carboxylic acids is 2. The number of carbonyl (C=O) groups is 2. The summed E-state index contributed by atoms with van der Waals surface area (Å²) in [7, 11) is 3.14.